The summed E-state index contributed by atoms with van der Waals surface area (Å²) in [5.74, 6) is -1.50. The maximum Gasteiger partial charge on any atom is 0.490 e. The summed E-state index contributed by atoms with van der Waals surface area (Å²) in [6.45, 7) is 1.61. The van der Waals surface area contributed by atoms with E-state index in [0.29, 0.717) is 6.20 Å². The van der Waals surface area contributed by atoms with Gasteiger partial charge in [-0.2, -0.15) is 13.0 Å². The molecule has 16 nitrogen and oxygen atoms in total. The van der Waals surface area contributed by atoms with Crippen molar-refractivity contribution in [3.8, 4) is 0 Å². The van der Waals surface area contributed by atoms with Gasteiger partial charge in [0.2, 0.25) is 5.82 Å². The van der Waals surface area contributed by atoms with Gasteiger partial charge in [0.15, 0.2) is 11.9 Å². The lowest BCUT2D eigenvalue weighted by molar-refractivity contribution is -0.0808. The number of hydrogen-bond acceptors (Lipinski definition) is 10. The molecular weight excluding hydrogens is 515 g/mol. The molecule has 0 saturated carbocycles. The Morgan fingerprint density at radius 3 is 2.28 bits per heavy atom. The van der Waals surface area contributed by atoms with E-state index in [-0.39, 0.29) is 4.57 Å². The van der Waals surface area contributed by atoms with Crippen molar-refractivity contribution in [1.82, 2.24) is 9.55 Å². The van der Waals surface area contributed by atoms with Crippen LogP contribution < -0.4 is 11.2 Å². The molecule has 0 spiro atoms. The zero-order chi connectivity index (χ0) is 24.9. The third-order valence-electron chi connectivity index (χ3n) is 4.01. The van der Waals surface area contributed by atoms with Crippen molar-refractivity contribution in [2.24, 2.45) is 0 Å². The quantitative estimate of drug-likeness (QED) is 0.229. The zero-order valence-corrected chi connectivity index (χ0v) is 18.5. The van der Waals surface area contributed by atoms with Crippen LogP contribution in [-0.4, -0.2) is 58.2 Å². The lowest BCUT2D eigenvalue weighted by atomic mass is 9.96. The van der Waals surface area contributed by atoms with Gasteiger partial charge in [-0.3, -0.25) is 18.9 Å². The first-order chi connectivity index (χ1) is 14.3. The SMILES string of the molecule is C[C@@H](OP(=O)(O)OP(=O)(O)OP(=O)(O)O)[C@H]1O[C@@H](n2cc(F)c(=O)[nH]c2=O)[C@](C)(F)C1O. The molecule has 6 N–H and O–H groups in total. The first-order valence-electron chi connectivity index (χ1n) is 8.11. The van der Waals surface area contributed by atoms with E-state index >= 15 is 4.39 Å². The second-order valence-corrected chi connectivity index (χ2v) is 11.0. The molecule has 1 aromatic heterocycles. The number of aromatic amines is 1. The largest absolute Gasteiger partial charge is 0.490 e. The highest BCUT2D eigenvalue weighted by Crippen LogP contribution is 2.66. The number of rotatable bonds is 8. The van der Waals surface area contributed by atoms with Crippen LogP contribution in [0.25, 0.3) is 0 Å². The molecule has 1 aliphatic heterocycles. The number of hydrogen-bond donors (Lipinski definition) is 6. The summed E-state index contributed by atoms with van der Waals surface area (Å²) in [7, 11) is -17.1. The van der Waals surface area contributed by atoms with Crippen LogP contribution >= 0.6 is 23.5 Å². The second-order valence-electron chi connectivity index (χ2n) is 6.59. The summed E-state index contributed by atoms with van der Waals surface area (Å²) >= 11 is 0. The van der Waals surface area contributed by atoms with Crippen molar-refractivity contribution >= 4 is 23.5 Å². The third kappa shape index (κ3) is 6.26. The molecule has 1 aliphatic rings. The van der Waals surface area contributed by atoms with Crippen molar-refractivity contribution in [2.45, 2.75) is 44.1 Å². The minimum atomic E-state index is -5.84. The first-order valence-corrected chi connectivity index (χ1v) is 12.6. The summed E-state index contributed by atoms with van der Waals surface area (Å²) in [6.07, 6.45) is -7.72. The van der Waals surface area contributed by atoms with Crippen molar-refractivity contribution < 1.29 is 65.0 Å². The van der Waals surface area contributed by atoms with E-state index in [2.05, 4.69) is 13.1 Å². The van der Waals surface area contributed by atoms with Gasteiger partial charge >= 0.3 is 29.2 Å². The number of aromatic nitrogens is 2. The standard InChI is InChI=1S/C11H17F2N2O14P3/c1-4(27-31(22,23)29-32(24,25)28-30(19,20)21)6-7(16)11(2,13)9(26-6)15-3-5(12)8(17)14-10(15)18/h3-4,6-7,9,16H,1-2H3,(H,22,23)(H,24,25)(H,14,17,18)(H2,19,20,21)/t4-,6-,7?,9-,11-/m1/s1. The topological polar surface area (TPSA) is 244 Å². The number of ether oxygens (including phenoxy) is 1. The van der Waals surface area contributed by atoms with Crippen LogP contribution in [0.15, 0.2) is 15.8 Å². The van der Waals surface area contributed by atoms with Gasteiger partial charge in [-0.15, -0.1) is 0 Å². The summed E-state index contributed by atoms with van der Waals surface area (Å²) in [6, 6.07) is 0. The summed E-state index contributed by atoms with van der Waals surface area (Å²) in [4.78, 5) is 60.2. The molecule has 21 heteroatoms. The molecule has 0 radical (unpaired) electrons. The van der Waals surface area contributed by atoms with Gasteiger partial charge in [-0.1, -0.05) is 0 Å². The van der Waals surface area contributed by atoms with Crippen LogP contribution in [0.2, 0.25) is 0 Å². The molecule has 1 aromatic rings. The summed E-state index contributed by atoms with van der Waals surface area (Å²) in [5, 5.41) is 10.2. The van der Waals surface area contributed by atoms with Crippen LogP contribution in [-0.2, 0) is 31.6 Å². The second kappa shape index (κ2) is 8.91. The monoisotopic (exact) mass is 532 g/mol. The molecule has 32 heavy (non-hydrogen) atoms. The number of nitrogens with one attached hydrogen (secondary N) is 1. The fourth-order valence-electron chi connectivity index (χ4n) is 2.73. The minimum Gasteiger partial charge on any atom is -0.387 e. The van der Waals surface area contributed by atoms with Crippen molar-refractivity contribution in [3.05, 3.63) is 32.9 Å². The number of aliphatic hydroxyl groups excluding tert-OH is 1. The Bertz CT molecular complexity index is 1130. The number of aliphatic hydroxyl groups is 1. The van der Waals surface area contributed by atoms with E-state index in [1.165, 1.54) is 4.98 Å². The summed E-state index contributed by atoms with van der Waals surface area (Å²) in [5.41, 5.74) is -5.60. The van der Waals surface area contributed by atoms with Gasteiger partial charge < -0.3 is 29.4 Å². The van der Waals surface area contributed by atoms with E-state index in [9.17, 15) is 37.7 Å². The first kappa shape index (κ1) is 27.1. The average molecular weight is 532 g/mol. The highest BCUT2D eigenvalue weighted by atomic mass is 31.3. The van der Waals surface area contributed by atoms with Crippen molar-refractivity contribution in [1.29, 1.82) is 0 Å². The molecule has 2 heterocycles. The highest BCUT2D eigenvalue weighted by Gasteiger charge is 2.58. The molecule has 0 aromatic carbocycles. The highest BCUT2D eigenvalue weighted by molar-refractivity contribution is 7.66. The molecule has 0 aliphatic carbocycles. The van der Waals surface area contributed by atoms with Gasteiger partial charge in [0.1, 0.15) is 12.2 Å². The Hall–Kier alpha value is -1.13. The van der Waals surface area contributed by atoms with Crippen LogP contribution in [0.5, 0.6) is 0 Å². The fraction of sp³-hybridized carbons (Fsp3) is 0.636. The fourth-order valence-corrected chi connectivity index (χ4v) is 5.93. The van der Waals surface area contributed by atoms with E-state index in [0.717, 1.165) is 13.8 Å². The van der Waals surface area contributed by atoms with Crippen LogP contribution in [0, 0.1) is 5.82 Å². The van der Waals surface area contributed by atoms with E-state index in [1.54, 1.807) is 0 Å². The van der Waals surface area contributed by atoms with Gasteiger partial charge in [-0.05, 0) is 13.8 Å². The Morgan fingerprint density at radius 2 is 1.75 bits per heavy atom. The van der Waals surface area contributed by atoms with Crippen LogP contribution in [0.1, 0.15) is 20.1 Å². The molecule has 1 saturated heterocycles. The number of phosphoric ester groups is 1. The molecule has 3 unspecified atom stereocenters. The van der Waals surface area contributed by atoms with Gasteiger partial charge in [0.25, 0.3) is 5.56 Å². The Morgan fingerprint density at radius 1 is 1.19 bits per heavy atom. The summed E-state index contributed by atoms with van der Waals surface area (Å²) < 4.78 is 79.4. The molecule has 0 amide bonds. The predicted molar refractivity (Wildman–Crippen MR) is 95.1 cm³/mol. The maximum atomic E-state index is 15.1. The number of alkyl halides is 1. The minimum absolute atomic E-state index is 0.261. The molecule has 184 valence electrons. The van der Waals surface area contributed by atoms with Gasteiger partial charge in [0.05, 0.1) is 12.3 Å². The Labute approximate surface area is 175 Å². The molecule has 2 rings (SSSR count). The lowest BCUT2D eigenvalue weighted by Gasteiger charge is -2.26. The Balaban J connectivity index is 2.25. The molecular formula is C11H17F2N2O14P3. The molecule has 0 bridgehead atoms. The smallest absolute Gasteiger partial charge is 0.387 e. The number of phosphoric acid groups is 3. The Kier molecular flexibility index (Phi) is 7.55. The van der Waals surface area contributed by atoms with Crippen molar-refractivity contribution in [2.75, 3.05) is 0 Å². The van der Waals surface area contributed by atoms with E-state index in [1.807, 2.05) is 0 Å². The van der Waals surface area contributed by atoms with Crippen LogP contribution in [0.4, 0.5) is 8.78 Å². The van der Waals surface area contributed by atoms with Crippen molar-refractivity contribution in [3.63, 3.8) is 0 Å². The maximum absolute atomic E-state index is 15.1. The van der Waals surface area contributed by atoms with Gasteiger partial charge in [-0.25, -0.2) is 22.9 Å². The zero-order valence-electron chi connectivity index (χ0n) is 15.8. The number of halogens is 2. The molecule has 1 fully saturated rings. The number of H-pyrrole nitrogens is 1. The number of nitrogens with zero attached hydrogens (tertiary/aromatic N) is 1. The normalized spacial score (nSPS) is 31.1. The molecule has 7 atom stereocenters. The van der Waals surface area contributed by atoms with E-state index < -0.39 is 70.7 Å². The van der Waals surface area contributed by atoms with Gasteiger partial charge in [0, 0.05) is 0 Å². The predicted octanol–water partition coefficient (Wildman–Crippen LogP) is -0.606. The third-order valence-corrected chi connectivity index (χ3v) is 7.94. The lowest BCUT2D eigenvalue weighted by Crippen LogP contribution is -2.45. The van der Waals surface area contributed by atoms with Crippen LogP contribution in [0.3, 0.4) is 0 Å². The van der Waals surface area contributed by atoms with E-state index in [4.69, 9.17) is 19.4 Å². The average Bonchev–Trinajstić information content (AvgIpc) is 2.77.